The van der Waals surface area contributed by atoms with Crippen LogP contribution in [0.1, 0.15) is 19.3 Å². The summed E-state index contributed by atoms with van der Waals surface area (Å²) in [7, 11) is 3.13. The molecule has 2 saturated heterocycles. The fraction of sp³-hybridized carbons (Fsp3) is 0.733. The van der Waals surface area contributed by atoms with Gasteiger partial charge in [-0.25, -0.2) is 0 Å². The molecule has 0 aromatic carbocycles. The molecule has 0 saturated carbocycles. The van der Waals surface area contributed by atoms with E-state index < -0.39 is 0 Å². The van der Waals surface area contributed by atoms with Crippen molar-refractivity contribution in [2.45, 2.75) is 25.4 Å². The predicted octanol–water partition coefficient (Wildman–Crippen LogP) is 0.435. The van der Waals surface area contributed by atoms with E-state index in [0.29, 0.717) is 11.9 Å². The molecule has 2 aliphatic rings. The highest BCUT2D eigenvalue weighted by Gasteiger charge is 2.43. The average Bonchev–Trinajstić information content (AvgIpc) is 2.57. The third-order valence-corrected chi connectivity index (χ3v) is 4.77. The molecule has 7 heteroatoms. The molecular formula is C15H24N4O3. The van der Waals surface area contributed by atoms with E-state index in [1.54, 1.807) is 14.2 Å². The molecule has 0 radical (unpaired) electrons. The number of anilines is 1. The summed E-state index contributed by atoms with van der Waals surface area (Å²) in [6.45, 7) is 3.43. The summed E-state index contributed by atoms with van der Waals surface area (Å²) in [5.41, 5.74) is -0.0953. The second kappa shape index (κ2) is 6.26. The molecule has 22 heavy (non-hydrogen) atoms. The smallest absolute Gasteiger partial charge is 0.321 e. The topological polar surface area (TPSA) is 79.7 Å². The van der Waals surface area contributed by atoms with Crippen LogP contribution in [-0.4, -0.2) is 61.6 Å². The highest BCUT2D eigenvalue weighted by atomic mass is 16.5. The first-order valence-corrected chi connectivity index (χ1v) is 7.78. The Morgan fingerprint density at radius 1 is 1.36 bits per heavy atom. The van der Waals surface area contributed by atoms with Gasteiger partial charge in [0, 0.05) is 31.1 Å². The first-order chi connectivity index (χ1) is 10.7. The zero-order chi connectivity index (χ0) is 15.6. The first kappa shape index (κ1) is 15.3. The van der Waals surface area contributed by atoms with Crippen molar-refractivity contribution < 1.29 is 14.6 Å². The van der Waals surface area contributed by atoms with Crippen molar-refractivity contribution in [3.05, 3.63) is 6.07 Å². The number of hydrogen-bond donors (Lipinski definition) is 2. The molecule has 2 N–H and O–H groups in total. The number of nitrogens with one attached hydrogen (secondary N) is 1. The molecule has 0 unspecified atom stereocenters. The second-order valence-electron chi connectivity index (χ2n) is 6.12. The van der Waals surface area contributed by atoms with E-state index in [-0.39, 0.29) is 11.5 Å². The molecule has 3 heterocycles. The van der Waals surface area contributed by atoms with Crippen LogP contribution in [0.4, 0.5) is 5.82 Å². The Kier molecular flexibility index (Phi) is 4.35. The fourth-order valence-corrected chi connectivity index (χ4v) is 3.52. The molecule has 2 atom stereocenters. The number of methoxy groups -OCH3 is 2. The number of hydrogen-bond acceptors (Lipinski definition) is 7. The minimum absolute atomic E-state index is 0.0953. The van der Waals surface area contributed by atoms with Crippen molar-refractivity contribution >= 4 is 5.82 Å². The summed E-state index contributed by atoms with van der Waals surface area (Å²) < 4.78 is 10.4. The van der Waals surface area contributed by atoms with Gasteiger partial charge in [0.25, 0.3) is 0 Å². The number of aliphatic hydroxyl groups excluding tert-OH is 1. The van der Waals surface area contributed by atoms with E-state index in [2.05, 4.69) is 20.2 Å². The molecule has 1 spiro atoms. The zero-order valence-electron chi connectivity index (χ0n) is 13.2. The lowest BCUT2D eigenvalue weighted by Crippen LogP contribution is -2.58. The van der Waals surface area contributed by atoms with Crippen LogP contribution >= 0.6 is 0 Å². The first-order valence-electron chi connectivity index (χ1n) is 7.78. The molecule has 0 bridgehead atoms. The zero-order valence-corrected chi connectivity index (χ0v) is 13.2. The van der Waals surface area contributed by atoms with Crippen molar-refractivity contribution in [2.24, 2.45) is 5.41 Å². The van der Waals surface area contributed by atoms with Crippen molar-refractivity contribution in [3.8, 4) is 11.9 Å². The van der Waals surface area contributed by atoms with Crippen LogP contribution in [0.5, 0.6) is 11.9 Å². The van der Waals surface area contributed by atoms with Crippen LogP contribution in [0.3, 0.4) is 0 Å². The van der Waals surface area contributed by atoms with Gasteiger partial charge >= 0.3 is 6.01 Å². The van der Waals surface area contributed by atoms with Gasteiger partial charge in [0.1, 0.15) is 5.82 Å². The van der Waals surface area contributed by atoms with Crippen LogP contribution in [0.15, 0.2) is 6.07 Å². The quantitative estimate of drug-likeness (QED) is 0.838. The molecule has 3 rings (SSSR count). The second-order valence-corrected chi connectivity index (χ2v) is 6.12. The van der Waals surface area contributed by atoms with E-state index in [1.807, 2.05) is 6.07 Å². The van der Waals surface area contributed by atoms with Crippen molar-refractivity contribution in [1.29, 1.82) is 0 Å². The number of nitrogens with zero attached hydrogens (tertiary/aromatic N) is 3. The molecule has 1 aromatic rings. The number of rotatable bonds is 3. The van der Waals surface area contributed by atoms with E-state index in [9.17, 15) is 5.11 Å². The van der Waals surface area contributed by atoms with E-state index in [1.165, 1.54) is 0 Å². The van der Waals surface area contributed by atoms with Crippen LogP contribution in [0.25, 0.3) is 0 Å². The highest BCUT2D eigenvalue weighted by molar-refractivity contribution is 5.44. The Bertz CT molecular complexity index is 501. The fourth-order valence-electron chi connectivity index (χ4n) is 3.52. The van der Waals surface area contributed by atoms with Gasteiger partial charge in [-0.2, -0.15) is 9.97 Å². The van der Waals surface area contributed by atoms with Crippen molar-refractivity contribution in [2.75, 3.05) is 45.3 Å². The lowest BCUT2D eigenvalue weighted by molar-refractivity contribution is -0.0102. The van der Waals surface area contributed by atoms with Crippen LogP contribution in [0, 0.1) is 5.41 Å². The predicted molar refractivity (Wildman–Crippen MR) is 82.5 cm³/mol. The summed E-state index contributed by atoms with van der Waals surface area (Å²) in [5.74, 6) is 1.28. The lowest BCUT2D eigenvalue weighted by Gasteiger charge is -2.48. The summed E-state index contributed by atoms with van der Waals surface area (Å²) in [6, 6.07) is 2.13. The molecule has 2 aliphatic heterocycles. The van der Waals surface area contributed by atoms with Gasteiger partial charge in [-0.1, -0.05) is 0 Å². The number of ether oxygens (including phenoxy) is 2. The maximum atomic E-state index is 10.5. The summed E-state index contributed by atoms with van der Waals surface area (Å²) >= 11 is 0. The maximum absolute atomic E-state index is 10.5. The molecule has 7 nitrogen and oxygen atoms in total. The number of piperidine rings is 2. The van der Waals surface area contributed by atoms with E-state index in [4.69, 9.17) is 9.47 Å². The Labute approximate surface area is 130 Å². The number of aromatic nitrogens is 2. The van der Waals surface area contributed by atoms with Crippen LogP contribution in [0.2, 0.25) is 0 Å². The molecule has 2 fully saturated rings. The molecule has 0 amide bonds. The Morgan fingerprint density at radius 3 is 2.95 bits per heavy atom. The summed E-state index contributed by atoms with van der Waals surface area (Å²) in [6.07, 6.45) is 2.62. The highest BCUT2D eigenvalue weighted by Crippen LogP contribution is 2.38. The van der Waals surface area contributed by atoms with Gasteiger partial charge in [0.05, 0.1) is 20.3 Å². The summed E-state index contributed by atoms with van der Waals surface area (Å²) in [4.78, 5) is 10.8. The van der Waals surface area contributed by atoms with Gasteiger partial charge in [-0.15, -0.1) is 0 Å². The van der Waals surface area contributed by atoms with Gasteiger partial charge < -0.3 is 24.8 Å². The summed E-state index contributed by atoms with van der Waals surface area (Å²) in [5, 5.41) is 13.9. The molecule has 0 aliphatic carbocycles. The van der Waals surface area contributed by atoms with E-state index >= 15 is 0 Å². The van der Waals surface area contributed by atoms with Gasteiger partial charge in [0.15, 0.2) is 0 Å². The molecular weight excluding hydrogens is 284 g/mol. The van der Waals surface area contributed by atoms with Gasteiger partial charge in [0.2, 0.25) is 5.88 Å². The standard InChI is InChI=1S/C15H24N4O3/c1-21-13-8-12(17-14(18-13)22-2)19-7-3-5-15(10-19)9-16-6-4-11(15)20/h8,11,16,20H,3-7,9-10H2,1-2H3/t11-,15-/m0/s1. The average molecular weight is 308 g/mol. The van der Waals surface area contributed by atoms with Crippen molar-refractivity contribution in [1.82, 2.24) is 15.3 Å². The minimum atomic E-state index is -0.262. The Morgan fingerprint density at radius 2 is 2.23 bits per heavy atom. The van der Waals surface area contributed by atoms with Crippen molar-refractivity contribution in [3.63, 3.8) is 0 Å². The van der Waals surface area contributed by atoms with Crippen LogP contribution < -0.4 is 19.7 Å². The van der Waals surface area contributed by atoms with Gasteiger partial charge in [-0.05, 0) is 25.8 Å². The third kappa shape index (κ3) is 2.83. The largest absolute Gasteiger partial charge is 0.481 e. The lowest BCUT2D eigenvalue weighted by atomic mass is 9.72. The normalized spacial score (nSPS) is 28.7. The minimum Gasteiger partial charge on any atom is -0.481 e. The maximum Gasteiger partial charge on any atom is 0.321 e. The SMILES string of the molecule is COc1cc(N2CCC[C@]3(CNCC[C@@H]3O)C2)nc(OC)n1. The van der Waals surface area contributed by atoms with Gasteiger partial charge in [-0.3, -0.25) is 0 Å². The van der Waals surface area contributed by atoms with E-state index in [0.717, 1.165) is 51.3 Å². The monoisotopic (exact) mass is 308 g/mol. The molecule has 1 aromatic heterocycles. The third-order valence-electron chi connectivity index (χ3n) is 4.77. The molecule has 122 valence electrons. The number of aliphatic hydroxyl groups is 1. The Balaban J connectivity index is 1.85. The Hall–Kier alpha value is -1.60. The van der Waals surface area contributed by atoms with Crippen LogP contribution in [-0.2, 0) is 0 Å².